The third kappa shape index (κ3) is 4.79. The zero-order valence-electron chi connectivity index (χ0n) is 19.9. The summed E-state index contributed by atoms with van der Waals surface area (Å²) in [7, 11) is 3.41. The monoisotopic (exact) mass is 447 g/mol. The van der Waals surface area contributed by atoms with Crippen molar-refractivity contribution in [3.05, 3.63) is 64.9 Å². The highest BCUT2D eigenvalue weighted by Gasteiger charge is 2.32. The molecule has 33 heavy (non-hydrogen) atoms. The first-order valence-electron chi connectivity index (χ1n) is 12.3. The molecule has 0 aromatic heterocycles. The van der Waals surface area contributed by atoms with E-state index >= 15 is 0 Å². The number of benzene rings is 1. The molecule has 3 heterocycles. The Balaban J connectivity index is 1.40. The Morgan fingerprint density at radius 1 is 0.939 bits per heavy atom. The van der Waals surface area contributed by atoms with Gasteiger partial charge in [0.15, 0.2) is 0 Å². The number of methoxy groups -OCH3 is 2. The molecule has 0 unspecified atom stereocenters. The Morgan fingerprint density at radius 3 is 2.48 bits per heavy atom. The minimum Gasteiger partial charge on any atom is -0.497 e. The minimum absolute atomic E-state index is 0.766. The summed E-state index contributed by atoms with van der Waals surface area (Å²) in [5.41, 5.74) is 6.33. The SMILES string of the molecule is COc1cc(OC)cc(C2=C3C=CC(=[O+]CCCN4CCCCC4)C=C3C3=CCCN3C2)c1. The van der Waals surface area contributed by atoms with Crippen LogP contribution in [0.4, 0.5) is 0 Å². The normalized spacial score (nSPS) is 21.6. The maximum atomic E-state index is 6.20. The first-order chi connectivity index (χ1) is 16.2. The molecule has 0 radical (unpaired) electrons. The van der Waals surface area contributed by atoms with Crippen LogP contribution < -0.4 is 9.47 Å². The molecule has 1 saturated heterocycles. The van der Waals surface area contributed by atoms with Gasteiger partial charge in [-0.15, -0.1) is 0 Å². The summed E-state index contributed by atoms with van der Waals surface area (Å²) in [6, 6.07) is 6.14. The number of ether oxygens (including phenoxy) is 2. The number of carbonyl (C=O) groups excluding carboxylic acids is 1. The molecule has 0 spiro atoms. The van der Waals surface area contributed by atoms with Gasteiger partial charge < -0.3 is 19.3 Å². The van der Waals surface area contributed by atoms with Crippen LogP contribution >= 0.6 is 0 Å². The third-order valence-corrected chi connectivity index (χ3v) is 7.05. The Bertz CT molecular complexity index is 1020. The lowest BCUT2D eigenvalue weighted by Crippen LogP contribution is -2.31. The second-order valence-corrected chi connectivity index (χ2v) is 9.19. The molecule has 1 aromatic rings. The lowest BCUT2D eigenvalue weighted by Gasteiger charge is -2.33. The lowest BCUT2D eigenvalue weighted by atomic mass is 9.85. The second-order valence-electron chi connectivity index (χ2n) is 9.19. The highest BCUT2D eigenvalue weighted by atomic mass is 16.5. The van der Waals surface area contributed by atoms with Crippen molar-refractivity contribution in [3.63, 3.8) is 0 Å². The first-order valence-corrected chi connectivity index (χ1v) is 12.3. The number of hydrogen-bond donors (Lipinski definition) is 0. The maximum Gasteiger partial charge on any atom is 0.344 e. The predicted octanol–water partition coefficient (Wildman–Crippen LogP) is 4.54. The summed E-state index contributed by atoms with van der Waals surface area (Å²) in [6.45, 7) is 6.35. The molecule has 174 valence electrons. The van der Waals surface area contributed by atoms with E-state index in [-0.39, 0.29) is 0 Å². The van der Waals surface area contributed by atoms with Crippen LogP contribution in [-0.2, 0) is 4.42 Å². The van der Waals surface area contributed by atoms with Crippen LogP contribution in [0, 0.1) is 0 Å². The molecule has 4 aliphatic rings. The summed E-state index contributed by atoms with van der Waals surface area (Å²) >= 11 is 0. The molecule has 0 atom stereocenters. The van der Waals surface area contributed by atoms with E-state index in [1.807, 2.05) is 6.07 Å². The van der Waals surface area contributed by atoms with Crippen LogP contribution in [0.3, 0.4) is 0 Å². The van der Waals surface area contributed by atoms with E-state index in [1.165, 1.54) is 54.8 Å². The average molecular weight is 448 g/mol. The largest absolute Gasteiger partial charge is 0.497 e. The van der Waals surface area contributed by atoms with Crippen LogP contribution in [0.2, 0.25) is 0 Å². The van der Waals surface area contributed by atoms with Crippen molar-refractivity contribution in [1.82, 2.24) is 9.80 Å². The summed E-state index contributed by atoms with van der Waals surface area (Å²) in [5.74, 6) is 2.59. The van der Waals surface area contributed by atoms with Crippen molar-refractivity contribution in [2.75, 3.05) is 53.6 Å². The van der Waals surface area contributed by atoms with Crippen molar-refractivity contribution >= 4 is 11.4 Å². The molecule has 3 aliphatic heterocycles. The standard InChI is InChI=1S/C28H35N2O3/c1-31-23-16-21(17-24(18-23)32-2)27-20-30-14-6-8-28(30)26-19-22(9-10-25(26)27)33-15-7-13-29-11-4-3-5-12-29/h8-10,16-19H,3-7,11-15,20H2,1-2H3/q+1. The molecule has 5 nitrogen and oxygen atoms in total. The average Bonchev–Trinajstić information content (AvgIpc) is 3.35. The molecule has 5 rings (SSSR count). The molecule has 1 fully saturated rings. The lowest BCUT2D eigenvalue weighted by molar-refractivity contribution is -0.456. The Morgan fingerprint density at radius 2 is 1.73 bits per heavy atom. The number of piperidine rings is 1. The molecule has 0 saturated carbocycles. The molecule has 0 amide bonds. The van der Waals surface area contributed by atoms with Gasteiger partial charge in [-0.3, -0.25) is 4.42 Å². The molecule has 0 bridgehead atoms. The van der Waals surface area contributed by atoms with Gasteiger partial charge >= 0.3 is 5.78 Å². The van der Waals surface area contributed by atoms with E-state index < -0.39 is 0 Å². The fraction of sp³-hybridized carbons (Fsp3) is 0.464. The summed E-state index contributed by atoms with van der Waals surface area (Å²) in [6.07, 6.45) is 15.2. The van der Waals surface area contributed by atoms with Gasteiger partial charge in [0.2, 0.25) is 0 Å². The quantitative estimate of drug-likeness (QED) is 0.454. The van der Waals surface area contributed by atoms with Crippen molar-refractivity contribution in [2.24, 2.45) is 0 Å². The van der Waals surface area contributed by atoms with Crippen molar-refractivity contribution in [2.45, 2.75) is 32.1 Å². The van der Waals surface area contributed by atoms with Crippen LogP contribution in [0.25, 0.3) is 5.57 Å². The van der Waals surface area contributed by atoms with Crippen LogP contribution in [0.1, 0.15) is 37.7 Å². The zero-order valence-corrected chi connectivity index (χ0v) is 19.9. The molecule has 1 aromatic carbocycles. The molecule has 5 heteroatoms. The number of ketones is 1. The van der Waals surface area contributed by atoms with Gasteiger partial charge in [-0.25, -0.2) is 0 Å². The number of nitrogens with zero attached hydrogens (tertiary/aromatic N) is 2. The molecular weight excluding hydrogens is 412 g/mol. The third-order valence-electron chi connectivity index (χ3n) is 7.05. The van der Waals surface area contributed by atoms with E-state index in [9.17, 15) is 0 Å². The number of hydrogen-bond acceptors (Lipinski definition) is 4. The Hall–Kier alpha value is -2.79. The summed E-state index contributed by atoms with van der Waals surface area (Å²) in [4.78, 5) is 5.05. The molecular formula is C28H35N2O3+. The van der Waals surface area contributed by atoms with E-state index in [0.29, 0.717) is 0 Å². The summed E-state index contributed by atoms with van der Waals surface area (Å²) < 4.78 is 17.3. The van der Waals surface area contributed by atoms with E-state index in [0.717, 1.165) is 61.9 Å². The van der Waals surface area contributed by atoms with Gasteiger partial charge in [0.1, 0.15) is 11.5 Å². The van der Waals surface area contributed by atoms with Crippen molar-refractivity contribution in [3.8, 4) is 11.5 Å². The Kier molecular flexibility index (Phi) is 6.68. The Labute approximate surface area is 197 Å². The molecule has 0 N–H and O–H groups in total. The van der Waals surface area contributed by atoms with Crippen LogP contribution in [0.15, 0.2) is 59.3 Å². The fourth-order valence-corrected chi connectivity index (χ4v) is 5.31. The molecule has 1 aliphatic carbocycles. The number of rotatable bonds is 7. The van der Waals surface area contributed by atoms with Crippen molar-refractivity contribution in [1.29, 1.82) is 0 Å². The summed E-state index contributed by atoms with van der Waals surface area (Å²) in [5, 5.41) is 0. The van der Waals surface area contributed by atoms with Gasteiger partial charge in [-0.05, 0) is 67.3 Å². The minimum atomic E-state index is 0.766. The smallest absolute Gasteiger partial charge is 0.344 e. The predicted molar refractivity (Wildman–Crippen MR) is 133 cm³/mol. The van der Waals surface area contributed by atoms with E-state index in [2.05, 4.69) is 46.2 Å². The highest BCUT2D eigenvalue weighted by molar-refractivity contribution is 6.05. The van der Waals surface area contributed by atoms with Gasteiger partial charge in [0, 0.05) is 49.5 Å². The highest BCUT2D eigenvalue weighted by Crippen LogP contribution is 2.42. The maximum absolute atomic E-state index is 6.20. The topological polar surface area (TPSA) is 36.2 Å². The van der Waals surface area contributed by atoms with Crippen LogP contribution in [-0.4, -0.2) is 69.1 Å². The van der Waals surface area contributed by atoms with Crippen LogP contribution in [0.5, 0.6) is 11.5 Å². The second kappa shape index (κ2) is 10.0. The van der Waals surface area contributed by atoms with Crippen molar-refractivity contribution < 1.29 is 13.9 Å². The number of fused-ring (bicyclic) bond motifs is 3. The van der Waals surface area contributed by atoms with Gasteiger partial charge in [-0.2, -0.15) is 0 Å². The van der Waals surface area contributed by atoms with E-state index in [1.54, 1.807) is 14.2 Å². The zero-order chi connectivity index (χ0) is 22.6. The number of allylic oxidation sites excluding steroid dienone is 4. The van der Waals surface area contributed by atoms with Gasteiger partial charge in [0.05, 0.1) is 20.3 Å². The van der Waals surface area contributed by atoms with Gasteiger partial charge in [-0.1, -0.05) is 12.5 Å². The fourth-order valence-electron chi connectivity index (χ4n) is 5.31. The van der Waals surface area contributed by atoms with E-state index in [4.69, 9.17) is 13.9 Å². The number of likely N-dealkylation sites (tertiary alicyclic amines) is 1. The van der Waals surface area contributed by atoms with Gasteiger partial charge in [0.25, 0.3) is 6.61 Å². The first kappa shape index (κ1) is 22.0.